The van der Waals surface area contributed by atoms with Crippen molar-refractivity contribution in [1.82, 2.24) is 9.29 Å². The Labute approximate surface area is 184 Å². The zero-order chi connectivity index (χ0) is 22.6. The van der Waals surface area contributed by atoms with Gasteiger partial charge in [-0.1, -0.05) is 35.9 Å². The number of rotatable bonds is 3. The zero-order valence-corrected chi connectivity index (χ0v) is 17.9. The number of fused-ring (bicyclic) bond motifs is 1. The van der Waals surface area contributed by atoms with Gasteiger partial charge in [0.1, 0.15) is 11.4 Å². The first-order valence-electron chi connectivity index (χ1n) is 9.26. The Morgan fingerprint density at radius 2 is 1.87 bits per heavy atom. The molecule has 0 radical (unpaired) electrons. The van der Waals surface area contributed by atoms with Crippen LogP contribution in [-0.2, 0) is 10.0 Å². The molecule has 0 bridgehead atoms. The lowest BCUT2D eigenvalue weighted by molar-refractivity contribution is -0.000743. The third kappa shape index (κ3) is 4.95. The van der Waals surface area contributed by atoms with Gasteiger partial charge in [0.2, 0.25) is 0 Å². The summed E-state index contributed by atoms with van der Waals surface area (Å²) in [6, 6.07) is 15.3. The number of benzene rings is 2. The number of aliphatic hydroxyl groups excluding tert-OH is 1. The summed E-state index contributed by atoms with van der Waals surface area (Å²) < 4.78 is 25.5. The number of hydrogen-bond acceptors (Lipinski definition) is 7. The highest BCUT2D eigenvalue weighted by atomic mass is 35.5. The second-order valence-electron chi connectivity index (χ2n) is 7.08. The number of phenolic OH excluding ortho intramolecular Hbond substituents is 1. The molecule has 10 heteroatoms. The summed E-state index contributed by atoms with van der Waals surface area (Å²) in [7, 11) is -3.74. The van der Waals surface area contributed by atoms with E-state index in [4.69, 9.17) is 22.0 Å². The van der Waals surface area contributed by atoms with Crippen molar-refractivity contribution < 1.29 is 23.7 Å². The average molecular weight is 462 g/mol. The minimum absolute atomic E-state index is 0.117. The Morgan fingerprint density at radius 3 is 2.45 bits per heavy atom. The van der Waals surface area contributed by atoms with Gasteiger partial charge in [0.05, 0.1) is 23.3 Å². The SMILES string of the molecule is N#Cc1ccc(O)c2ccccc12.O=S(=O)(c1ccc(Cl)cn1)N1CCC(O)(CO)C1. The van der Waals surface area contributed by atoms with Crippen LogP contribution in [0.1, 0.15) is 12.0 Å². The number of hydrogen-bond donors (Lipinski definition) is 3. The molecule has 2 heterocycles. The molecule has 3 N–H and O–H groups in total. The van der Waals surface area contributed by atoms with E-state index in [1.807, 2.05) is 18.2 Å². The molecule has 1 fully saturated rings. The Bertz CT molecular complexity index is 1230. The first kappa shape index (κ1) is 22.9. The zero-order valence-electron chi connectivity index (χ0n) is 16.3. The molecule has 0 aliphatic carbocycles. The summed E-state index contributed by atoms with van der Waals surface area (Å²) >= 11 is 5.65. The predicted octanol–water partition coefficient (Wildman–Crippen LogP) is 2.27. The van der Waals surface area contributed by atoms with Crippen molar-refractivity contribution in [3.8, 4) is 11.8 Å². The van der Waals surface area contributed by atoms with Gasteiger partial charge in [-0.3, -0.25) is 0 Å². The smallest absolute Gasteiger partial charge is 0.260 e. The van der Waals surface area contributed by atoms with E-state index in [0.29, 0.717) is 10.6 Å². The lowest BCUT2D eigenvalue weighted by Crippen LogP contribution is -2.38. The Kier molecular flexibility index (Phi) is 6.79. The normalized spacial score (nSPS) is 18.9. The third-order valence-electron chi connectivity index (χ3n) is 4.92. The van der Waals surface area contributed by atoms with Gasteiger partial charge in [0, 0.05) is 30.1 Å². The van der Waals surface area contributed by atoms with E-state index < -0.39 is 22.2 Å². The minimum Gasteiger partial charge on any atom is -0.507 e. The maximum Gasteiger partial charge on any atom is 0.260 e. The Balaban J connectivity index is 0.000000185. The molecular formula is C21H20ClN3O5S. The van der Waals surface area contributed by atoms with Crippen molar-refractivity contribution in [2.24, 2.45) is 0 Å². The van der Waals surface area contributed by atoms with E-state index in [1.54, 1.807) is 18.2 Å². The number of phenols is 1. The van der Waals surface area contributed by atoms with Crippen LogP contribution in [0.15, 0.2) is 59.8 Å². The lowest BCUT2D eigenvalue weighted by Gasteiger charge is -2.20. The van der Waals surface area contributed by atoms with Crippen molar-refractivity contribution in [1.29, 1.82) is 5.26 Å². The predicted molar refractivity (Wildman–Crippen MR) is 115 cm³/mol. The van der Waals surface area contributed by atoms with Crippen LogP contribution in [0.5, 0.6) is 5.75 Å². The maximum atomic E-state index is 12.2. The van der Waals surface area contributed by atoms with E-state index in [9.17, 15) is 18.6 Å². The molecule has 0 saturated carbocycles. The highest BCUT2D eigenvalue weighted by Gasteiger charge is 2.41. The van der Waals surface area contributed by atoms with Crippen molar-refractivity contribution >= 4 is 32.4 Å². The highest BCUT2D eigenvalue weighted by molar-refractivity contribution is 7.89. The Morgan fingerprint density at radius 1 is 1.16 bits per heavy atom. The standard InChI is InChI=1S/C11H7NO.C10H13ClN2O4S/c12-7-8-5-6-11(13)10-4-2-1-3-9(8)10;11-8-1-2-9(12-5-8)18(16,17)13-4-3-10(15,6-13)7-14/h1-6,13H;1-2,5,14-15H,3-4,6-7H2. The summed E-state index contributed by atoms with van der Waals surface area (Å²) in [5.74, 6) is 0.217. The van der Waals surface area contributed by atoms with Gasteiger partial charge in [-0.25, -0.2) is 13.4 Å². The fourth-order valence-corrected chi connectivity index (χ4v) is 4.73. The summed E-state index contributed by atoms with van der Waals surface area (Å²) in [6.07, 6.45) is 1.46. The van der Waals surface area contributed by atoms with Gasteiger partial charge in [0.15, 0.2) is 5.03 Å². The number of aliphatic hydroxyl groups is 2. The minimum atomic E-state index is -3.74. The molecule has 1 aliphatic heterocycles. The first-order valence-corrected chi connectivity index (χ1v) is 11.1. The molecule has 1 saturated heterocycles. The molecule has 1 aromatic heterocycles. The molecule has 162 valence electrons. The van der Waals surface area contributed by atoms with Crippen molar-refractivity contribution in [2.75, 3.05) is 19.7 Å². The van der Waals surface area contributed by atoms with Crippen LogP contribution < -0.4 is 0 Å². The number of aromatic nitrogens is 1. The fourth-order valence-electron chi connectivity index (χ4n) is 3.18. The lowest BCUT2D eigenvalue weighted by atomic mass is 10.0. The van der Waals surface area contributed by atoms with Crippen molar-refractivity contribution in [2.45, 2.75) is 17.0 Å². The quantitative estimate of drug-likeness (QED) is 0.544. The van der Waals surface area contributed by atoms with Crippen molar-refractivity contribution in [3.63, 3.8) is 0 Å². The molecular weight excluding hydrogens is 442 g/mol. The number of β-amino-alcohol motifs (C(OH)–C–C–N with tert-alkyl or cyclic N) is 1. The summed E-state index contributed by atoms with van der Waals surface area (Å²) in [5, 5.41) is 38.9. The number of pyridine rings is 1. The number of halogens is 1. The second kappa shape index (κ2) is 9.18. The molecule has 4 rings (SSSR count). The summed E-state index contributed by atoms with van der Waals surface area (Å²) in [5.41, 5.74) is -0.771. The van der Waals surface area contributed by atoms with Gasteiger partial charge < -0.3 is 15.3 Å². The molecule has 1 aliphatic rings. The topological polar surface area (TPSA) is 135 Å². The number of nitrogens with zero attached hydrogens (tertiary/aromatic N) is 3. The largest absolute Gasteiger partial charge is 0.507 e. The number of nitriles is 1. The first-order chi connectivity index (χ1) is 14.7. The molecule has 31 heavy (non-hydrogen) atoms. The van der Waals surface area contributed by atoms with Crippen LogP contribution in [0.3, 0.4) is 0 Å². The molecule has 2 aromatic carbocycles. The van der Waals surface area contributed by atoms with Crippen LogP contribution in [0.2, 0.25) is 5.02 Å². The van der Waals surface area contributed by atoms with Crippen LogP contribution in [-0.4, -0.2) is 58.3 Å². The van der Waals surface area contributed by atoms with E-state index in [-0.39, 0.29) is 30.3 Å². The van der Waals surface area contributed by atoms with Crippen LogP contribution >= 0.6 is 11.6 Å². The maximum absolute atomic E-state index is 12.2. The monoisotopic (exact) mass is 461 g/mol. The van der Waals surface area contributed by atoms with Crippen molar-refractivity contribution in [3.05, 3.63) is 65.3 Å². The van der Waals surface area contributed by atoms with E-state index in [0.717, 1.165) is 15.1 Å². The number of sulfonamides is 1. The highest BCUT2D eigenvalue weighted by Crippen LogP contribution is 2.27. The fraction of sp³-hybridized carbons (Fsp3) is 0.238. The van der Waals surface area contributed by atoms with Gasteiger partial charge in [-0.05, 0) is 30.7 Å². The van der Waals surface area contributed by atoms with E-state index in [2.05, 4.69) is 11.1 Å². The van der Waals surface area contributed by atoms with Gasteiger partial charge in [-0.15, -0.1) is 0 Å². The molecule has 8 nitrogen and oxygen atoms in total. The number of aromatic hydroxyl groups is 1. The summed E-state index contributed by atoms with van der Waals surface area (Å²) in [4.78, 5) is 3.76. The van der Waals surface area contributed by atoms with Crippen LogP contribution in [0.4, 0.5) is 0 Å². The molecule has 0 spiro atoms. The third-order valence-corrected chi connectivity index (χ3v) is 6.90. The van der Waals surface area contributed by atoms with Gasteiger partial charge in [0.25, 0.3) is 10.0 Å². The Hall–Kier alpha value is -2.74. The molecule has 1 atom stereocenters. The molecule has 1 unspecified atom stereocenters. The van der Waals surface area contributed by atoms with E-state index >= 15 is 0 Å². The van der Waals surface area contributed by atoms with Gasteiger partial charge >= 0.3 is 0 Å². The van der Waals surface area contributed by atoms with E-state index in [1.165, 1.54) is 18.3 Å². The second-order valence-corrected chi connectivity index (χ2v) is 9.40. The van der Waals surface area contributed by atoms with Gasteiger partial charge in [-0.2, -0.15) is 9.57 Å². The van der Waals surface area contributed by atoms with Crippen LogP contribution in [0, 0.1) is 11.3 Å². The molecule has 3 aromatic rings. The summed E-state index contributed by atoms with van der Waals surface area (Å²) in [6.45, 7) is -0.438. The average Bonchev–Trinajstić information content (AvgIpc) is 3.19. The van der Waals surface area contributed by atoms with Crippen LogP contribution in [0.25, 0.3) is 10.8 Å². The molecule has 0 amide bonds.